The lowest BCUT2D eigenvalue weighted by Gasteiger charge is -2.21. The second kappa shape index (κ2) is 7.47. The molecule has 2 aromatic carbocycles. The first-order valence-corrected chi connectivity index (χ1v) is 9.00. The van der Waals surface area contributed by atoms with Crippen LogP contribution in [0.1, 0.15) is 23.1 Å². The standard InChI is InChI=1S/C20H18ClF3N2O2/c1-11-4-3-5-12(2)18(11)26-10-13(8-17(26)27)19(28)25-16-9-14(20(22,23)24)6-7-15(16)21/h3-7,9,13H,8,10H2,1-2H3,(H,25,28)/t13-/m0/s1. The highest BCUT2D eigenvalue weighted by atomic mass is 35.5. The van der Waals surface area contributed by atoms with Gasteiger partial charge in [0.2, 0.25) is 11.8 Å². The SMILES string of the molecule is Cc1cccc(C)c1N1C[C@@H](C(=O)Nc2cc(C(F)(F)F)ccc2Cl)CC1=O. The number of amides is 2. The smallest absolute Gasteiger partial charge is 0.324 e. The molecule has 1 fully saturated rings. The van der Waals surface area contributed by atoms with Crippen LogP contribution >= 0.6 is 11.6 Å². The first-order chi connectivity index (χ1) is 13.1. The number of anilines is 2. The van der Waals surface area contributed by atoms with Gasteiger partial charge in [0.25, 0.3) is 0 Å². The maximum atomic E-state index is 12.9. The lowest BCUT2D eigenvalue weighted by Crippen LogP contribution is -2.29. The maximum Gasteiger partial charge on any atom is 0.416 e. The zero-order chi connectivity index (χ0) is 20.6. The second-order valence-corrected chi connectivity index (χ2v) is 7.23. The molecule has 0 aliphatic carbocycles. The van der Waals surface area contributed by atoms with Crippen molar-refractivity contribution in [3.05, 3.63) is 58.1 Å². The molecule has 2 amide bonds. The van der Waals surface area contributed by atoms with Crippen molar-refractivity contribution >= 4 is 34.8 Å². The summed E-state index contributed by atoms with van der Waals surface area (Å²) >= 11 is 5.93. The van der Waals surface area contributed by atoms with E-state index in [1.54, 1.807) is 4.90 Å². The van der Waals surface area contributed by atoms with Gasteiger partial charge in [-0.15, -0.1) is 0 Å². The van der Waals surface area contributed by atoms with E-state index >= 15 is 0 Å². The number of benzene rings is 2. The van der Waals surface area contributed by atoms with Crippen molar-refractivity contribution < 1.29 is 22.8 Å². The molecular formula is C20H18ClF3N2O2. The third kappa shape index (κ3) is 3.99. The average molecular weight is 411 g/mol. The zero-order valence-corrected chi connectivity index (χ0v) is 16.0. The maximum absolute atomic E-state index is 12.9. The predicted octanol–water partition coefficient (Wildman–Crippen LogP) is 4.97. The Morgan fingerprint density at radius 1 is 1.18 bits per heavy atom. The highest BCUT2D eigenvalue weighted by Crippen LogP contribution is 2.35. The first-order valence-electron chi connectivity index (χ1n) is 8.62. The Labute approximate surface area is 165 Å². The van der Waals surface area contributed by atoms with Crippen LogP contribution in [0.3, 0.4) is 0 Å². The van der Waals surface area contributed by atoms with E-state index in [1.807, 2.05) is 32.0 Å². The van der Waals surface area contributed by atoms with Crippen molar-refractivity contribution in [2.75, 3.05) is 16.8 Å². The molecular weight excluding hydrogens is 393 g/mol. The van der Waals surface area contributed by atoms with E-state index in [4.69, 9.17) is 11.6 Å². The molecule has 0 radical (unpaired) electrons. The van der Waals surface area contributed by atoms with Crippen LogP contribution in [0.5, 0.6) is 0 Å². The van der Waals surface area contributed by atoms with Gasteiger partial charge in [-0.25, -0.2) is 0 Å². The monoisotopic (exact) mass is 410 g/mol. The molecule has 0 bridgehead atoms. The quantitative estimate of drug-likeness (QED) is 0.776. The topological polar surface area (TPSA) is 49.4 Å². The van der Waals surface area contributed by atoms with E-state index in [-0.39, 0.29) is 29.6 Å². The van der Waals surface area contributed by atoms with Gasteiger partial charge in [-0.05, 0) is 43.2 Å². The summed E-state index contributed by atoms with van der Waals surface area (Å²) in [6.45, 7) is 3.92. The lowest BCUT2D eigenvalue weighted by molar-refractivity contribution is -0.137. The molecule has 1 N–H and O–H groups in total. The van der Waals surface area contributed by atoms with E-state index in [0.717, 1.165) is 35.0 Å². The fourth-order valence-electron chi connectivity index (χ4n) is 3.36. The van der Waals surface area contributed by atoms with Crippen LogP contribution in [0.4, 0.5) is 24.5 Å². The van der Waals surface area contributed by atoms with Gasteiger partial charge in [0.1, 0.15) is 0 Å². The van der Waals surface area contributed by atoms with Crippen LogP contribution in [-0.2, 0) is 15.8 Å². The van der Waals surface area contributed by atoms with Crippen molar-refractivity contribution in [1.82, 2.24) is 0 Å². The normalized spacial score (nSPS) is 17.1. The number of carbonyl (C=O) groups excluding carboxylic acids is 2. The summed E-state index contributed by atoms with van der Waals surface area (Å²) in [6, 6.07) is 8.37. The molecule has 1 atom stereocenters. The summed E-state index contributed by atoms with van der Waals surface area (Å²) in [7, 11) is 0. The average Bonchev–Trinajstić information content (AvgIpc) is 2.97. The Hall–Kier alpha value is -2.54. The van der Waals surface area contributed by atoms with Crippen molar-refractivity contribution in [2.45, 2.75) is 26.4 Å². The Balaban J connectivity index is 1.79. The fourth-order valence-corrected chi connectivity index (χ4v) is 3.53. The van der Waals surface area contributed by atoms with Gasteiger partial charge in [-0.2, -0.15) is 13.2 Å². The Kier molecular flexibility index (Phi) is 5.39. The molecule has 4 nitrogen and oxygen atoms in total. The molecule has 1 saturated heterocycles. The summed E-state index contributed by atoms with van der Waals surface area (Å²) < 4.78 is 38.7. The Morgan fingerprint density at radius 2 is 1.82 bits per heavy atom. The molecule has 148 valence electrons. The van der Waals surface area contributed by atoms with Gasteiger partial charge in [-0.3, -0.25) is 9.59 Å². The van der Waals surface area contributed by atoms with E-state index in [0.29, 0.717) is 0 Å². The summed E-state index contributed by atoms with van der Waals surface area (Å²) in [5, 5.41) is 2.43. The van der Waals surface area contributed by atoms with Gasteiger partial charge >= 0.3 is 6.18 Å². The molecule has 1 aliphatic heterocycles. The number of nitrogens with zero attached hydrogens (tertiary/aromatic N) is 1. The number of carbonyl (C=O) groups is 2. The number of para-hydroxylation sites is 1. The van der Waals surface area contributed by atoms with Gasteiger partial charge in [0.05, 0.1) is 22.2 Å². The van der Waals surface area contributed by atoms with Crippen LogP contribution in [-0.4, -0.2) is 18.4 Å². The summed E-state index contributed by atoms with van der Waals surface area (Å²) in [5.41, 5.74) is 1.55. The summed E-state index contributed by atoms with van der Waals surface area (Å²) in [4.78, 5) is 26.6. The van der Waals surface area contributed by atoms with E-state index in [9.17, 15) is 22.8 Å². The number of rotatable bonds is 3. The van der Waals surface area contributed by atoms with Gasteiger partial charge in [0.15, 0.2) is 0 Å². The fraction of sp³-hybridized carbons (Fsp3) is 0.300. The molecule has 0 aromatic heterocycles. The minimum atomic E-state index is -4.55. The van der Waals surface area contributed by atoms with Crippen molar-refractivity contribution in [2.24, 2.45) is 5.92 Å². The molecule has 28 heavy (non-hydrogen) atoms. The van der Waals surface area contributed by atoms with Crippen LogP contribution in [0.2, 0.25) is 5.02 Å². The largest absolute Gasteiger partial charge is 0.416 e. The molecule has 0 spiro atoms. The van der Waals surface area contributed by atoms with Gasteiger partial charge in [-0.1, -0.05) is 29.8 Å². The third-order valence-corrected chi connectivity index (χ3v) is 5.09. The summed E-state index contributed by atoms with van der Waals surface area (Å²) in [6.07, 6.45) is -4.57. The van der Waals surface area contributed by atoms with Crippen LogP contribution in [0, 0.1) is 19.8 Å². The zero-order valence-electron chi connectivity index (χ0n) is 15.2. The molecule has 2 aromatic rings. The van der Waals surface area contributed by atoms with Crippen molar-refractivity contribution in [3.63, 3.8) is 0 Å². The predicted molar refractivity (Wildman–Crippen MR) is 101 cm³/mol. The highest BCUT2D eigenvalue weighted by Gasteiger charge is 2.37. The number of nitrogens with one attached hydrogen (secondary N) is 1. The number of hydrogen-bond acceptors (Lipinski definition) is 2. The Morgan fingerprint density at radius 3 is 2.43 bits per heavy atom. The Bertz CT molecular complexity index is 923. The van der Waals surface area contributed by atoms with E-state index < -0.39 is 23.6 Å². The van der Waals surface area contributed by atoms with E-state index in [2.05, 4.69) is 5.32 Å². The first kappa shape index (κ1) is 20.2. The van der Waals surface area contributed by atoms with Crippen LogP contribution in [0.15, 0.2) is 36.4 Å². The number of aryl methyl sites for hydroxylation is 2. The third-order valence-electron chi connectivity index (χ3n) is 4.76. The number of halogens is 4. The minimum absolute atomic E-state index is 0.00252. The van der Waals surface area contributed by atoms with Gasteiger partial charge in [0, 0.05) is 18.7 Å². The molecule has 1 heterocycles. The molecule has 1 aliphatic rings. The van der Waals surface area contributed by atoms with Crippen molar-refractivity contribution in [1.29, 1.82) is 0 Å². The van der Waals surface area contributed by atoms with Crippen molar-refractivity contribution in [3.8, 4) is 0 Å². The lowest BCUT2D eigenvalue weighted by atomic mass is 10.1. The number of alkyl halides is 3. The van der Waals surface area contributed by atoms with Crippen LogP contribution in [0.25, 0.3) is 0 Å². The highest BCUT2D eigenvalue weighted by molar-refractivity contribution is 6.33. The molecule has 0 saturated carbocycles. The minimum Gasteiger partial charge on any atom is -0.324 e. The number of hydrogen-bond donors (Lipinski definition) is 1. The summed E-state index contributed by atoms with van der Waals surface area (Å²) in [5.74, 6) is -1.42. The van der Waals surface area contributed by atoms with E-state index in [1.165, 1.54) is 0 Å². The second-order valence-electron chi connectivity index (χ2n) is 6.83. The van der Waals surface area contributed by atoms with Crippen LogP contribution < -0.4 is 10.2 Å². The van der Waals surface area contributed by atoms with Gasteiger partial charge < -0.3 is 10.2 Å². The molecule has 8 heteroatoms. The molecule has 0 unspecified atom stereocenters. The molecule has 3 rings (SSSR count).